The summed E-state index contributed by atoms with van der Waals surface area (Å²) in [6.07, 6.45) is 0. The molecule has 2 aromatic carbocycles. The van der Waals surface area contributed by atoms with E-state index in [2.05, 4.69) is 4.98 Å². The summed E-state index contributed by atoms with van der Waals surface area (Å²) in [7, 11) is 1.57. The molecule has 170 valence electrons. The Morgan fingerprint density at radius 3 is 2.79 bits per heavy atom. The molecule has 1 aliphatic rings. The SMILES string of the molecule is COc1ccc(C)cc1-n1c(SCC(=O)N2CCOCC2)nc2c([nH]c3ccccc32)c1=O. The van der Waals surface area contributed by atoms with Gasteiger partial charge in [0.05, 0.1) is 31.8 Å². The van der Waals surface area contributed by atoms with Crippen LogP contribution in [0, 0.1) is 6.92 Å². The van der Waals surface area contributed by atoms with E-state index < -0.39 is 0 Å². The van der Waals surface area contributed by atoms with E-state index in [9.17, 15) is 9.59 Å². The third kappa shape index (κ3) is 3.98. The van der Waals surface area contributed by atoms with Crippen molar-refractivity contribution in [1.82, 2.24) is 19.4 Å². The van der Waals surface area contributed by atoms with E-state index in [1.165, 1.54) is 11.8 Å². The topological polar surface area (TPSA) is 89.4 Å². The summed E-state index contributed by atoms with van der Waals surface area (Å²) in [5.74, 6) is 0.731. The minimum atomic E-state index is -0.235. The number of nitrogens with zero attached hydrogens (tertiary/aromatic N) is 3. The molecular formula is C24H24N4O4S. The van der Waals surface area contributed by atoms with Crippen molar-refractivity contribution in [2.24, 2.45) is 0 Å². The number of carbonyl (C=O) groups is 1. The molecule has 0 bridgehead atoms. The Hall–Kier alpha value is -3.30. The fourth-order valence-corrected chi connectivity index (χ4v) is 4.96. The Morgan fingerprint density at radius 2 is 2.00 bits per heavy atom. The van der Waals surface area contributed by atoms with Gasteiger partial charge in [-0.25, -0.2) is 9.55 Å². The summed E-state index contributed by atoms with van der Waals surface area (Å²) >= 11 is 1.26. The molecule has 0 aliphatic carbocycles. The Labute approximate surface area is 194 Å². The van der Waals surface area contributed by atoms with Crippen molar-refractivity contribution in [1.29, 1.82) is 0 Å². The molecule has 5 rings (SSSR count). The number of aryl methyl sites for hydroxylation is 1. The van der Waals surface area contributed by atoms with Crippen molar-refractivity contribution in [2.45, 2.75) is 12.1 Å². The van der Waals surface area contributed by atoms with E-state index in [-0.39, 0.29) is 17.2 Å². The standard InChI is InChI=1S/C24H24N4O4S/c1-15-7-8-19(31-2)18(13-15)28-23(30)22-21(16-5-3-4-6-17(16)25-22)26-24(28)33-14-20(29)27-9-11-32-12-10-27/h3-8,13,25H,9-12,14H2,1-2H3. The minimum absolute atomic E-state index is 0.000621. The minimum Gasteiger partial charge on any atom is -0.495 e. The highest BCUT2D eigenvalue weighted by molar-refractivity contribution is 7.99. The van der Waals surface area contributed by atoms with Crippen molar-refractivity contribution in [3.05, 3.63) is 58.4 Å². The van der Waals surface area contributed by atoms with Crippen LogP contribution < -0.4 is 10.3 Å². The number of H-pyrrole nitrogens is 1. The number of carbonyl (C=O) groups excluding carboxylic acids is 1. The Balaban J connectivity index is 1.66. The highest BCUT2D eigenvalue weighted by Gasteiger charge is 2.22. The molecule has 4 aromatic rings. The van der Waals surface area contributed by atoms with Crippen molar-refractivity contribution in [2.75, 3.05) is 39.2 Å². The van der Waals surface area contributed by atoms with Crippen LogP contribution in [-0.2, 0) is 9.53 Å². The summed E-state index contributed by atoms with van der Waals surface area (Å²) in [6, 6.07) is 13.3. The molecule has 1 N–H and O–H groups in total. The van der Waals surface area contributed by atoms with Crippen LogP contribution in [0.3, 0.4) is 0 Å². The van der Waals surface area contributed by atoms with E-state index >= 15 is 0 Å². The first-order valence-corrected chi connectivity index (χ1v) is 11.7. The molecule has 0 unspecified atom stereocenters. The lowest BCUT2D eigenvalue weighted by molar-refractivity contribution is -0.132. The van der Waals surface area contributed by atoms with Gasteiger partial charge in [-0.3, -0.25) is 9.59 Å². The summed E-state index contributed by atoms with van der Waals surface area (Å²) in [4.78, 5) is 36.4. The molecule has 1 fully saturated rings. The van der Waals surface area contributed by atoms with Gasteiger partial charge in [-0.05, 0) is 30.7 Å². The maximum Gasteiger partial charge on any atom is 0.283 e. The summed E-state index contributed by atoms with van der Waals surface area (Å²) in [6.45, 7) is 4.19. The third-order valence-corrected chi connectivity index (χ3v) is 6.68. The Kier molecular flexibility index (Phi) is 5.82. The number of ether oxygens (including phenoxy) is 2. The van der Waals surface area contributed by atoms with Gasteiger partial charge in [-0.1, -0.05) is 36.0 Å². The number of aromatic amines is 1. The molecule has 1 aliphatic heterocycles. The second kappa shape index (κ2) is 8.92. The van der Waals surface area contributed by atoms with Gasteiger partial charge in [0.1, 0.15) is 16.8 Å². The molecule has 8 nitrogen and oxygen atoms in total. The predicted molar refractivity (Wildman–Crippen MR) is 129 cm³/mol. The maximum absolute atomic E-state index is 13.8. The van der Waals surface area contributed by atoms with Gasteiger partial charge in [0.2, 0.25) is 5.91 Å². The third-order valence-electron chi connectivity index (χ3n) is 5.76. The molecule has 1 amide bonds. The largest absolute Gasteiger partial charge is 0.495 e. The number of methoxy groups -OCH3 is 1. The fraction of sp³-hybridized carbons (Fsp3) is 0.292. The monoisotopic (exact) mass is 464 g/mol. The van der Waals surface area contributed by atoms with Crippen LogP contribution in [0.1, 0.15) is 5.56 Å². The van der Waals surface area contributed by atoms with E-state index in [0.29, 0.717) is 53.9 Å². The maximum atomic E-state index is 13.8. The summed E-state index contributed by atoms with van der Waals surface area (Å²) in [5, 5.41) is 1.32. The summed E-state index contributed by atoms with van der Waals surface area (Å²) in [5.41, 5.74) is 3.20. The number of thioether (sulfide) groups is 1. The highest BCUT2D eigenvalue weighted by atomic mass is 32.2. The van der Waals surface area contributed by atoms with Gasteiger partial charge in [0, 0.05) is 24.0 Å². The van der Waals surface area contributed by atoms with Gasteiger partial charge in [-0.2, -0.15) is 0 Å². The highest BCUT2D eigenvalue weighted by Crippen LogP contribution is 2.30. The first-order chi connectivity index (χ1) is 16.1. The Morgan fingerprint density at radius 1 is 1.21 bits per heavy atom. The molecular weight excluding hydrogens is 440 g/mol. The molecule has 9 heteroatoms. The number of nitrogens with one attached hydrogen (secondary N) is 1. The van der Waals surface area contributed by atoms with Gasteiger partial charge in [0.25, 0.3) is 5.56 Å². The second-order valence-electron chi connectivity index (χ2n) is 7.89. The number of para-hydroxylation sites is 1. The van der Waals surface area contributed by atoms with Gasteiger partial charge in [0.15, 0.2) is 5.16 Å². The smallest absolute Gasteiger partial charge is 0.283 e. The number of aromatic nitrogens is 3. The Bertz CT molecular complexity index is 1410. The number of fused-ring (bicyclic) bond motifs is 3. The van der Waals surface area contributed by atoms with E-state index in [0.717, 1.165) is 16.5 Å². The second-order valence-corrected chi connectivity index (χ2v) is 8.83. The van der Waals surface area contributed by atoms with Crippen LogP contribution in [-0.4, -0.2) is 64.5 Å². The predicted octanol–water partition coefficient (Wildman–Crippen LogP) is 3.13. The molecule has 0 atom stereocenters. The fourth-order valence-electron chi connectivity index (χ4n) is 4.06. The molecule has 3 heterocycles. The average Bonchev–Trinajstić information content (AvgIpc) is 3.22. The summed E-state index contributed by atoms with van der Waals surface area (Å²) < 4.78 is 12.4. The van der Waals surface area contributed by atoms with Crippen LogP contribution in [0.5, 0.6) is 5.75 Å². The van der Waals surface area contributed by atoms with Gasteiger partial charge < -0.3 is 19.4 Å². The van der Waals surface area contributed by atoms with Gasteiger partial charge >= 0.3 is 0 Å². The van der Waals surface area contributed by atoms with E-state index in [1.807, 2.05) is 49.4 Å². The number of rotatable bonds is 5. The normalized spacial score (nSPS) is 14.2. The van der Waals surface area contributed by atoms with Crippen LogP contribution in [0.15, 0.2) is 52.4 Å². The van der Waals surface area contributed by atoms with Crippen LogP contribution in [0.25, 0.3) is 27.6 Å². The first-order valence-electron chi connectivity index (χ1n) is 10.7. The lowest BCUT2D eigenvalue weighted by Gasteiger charge is -2.26. The quantitative estimate of drug-likeness (QED) is 0.361. The molecule has 0 spiro atoms. The molecule has 2 aromatic heterocycles. The lowest BCUT2D eigenvalue weighted by atomic mass is 10.2. The van der Waals surface area contributed by atoms with Gasteiger partial charge in [-0.15, -0.1) is 0 Å². The first kappa shape index (κ1) is 21.5. The van der Waals surface area contributed by atoms with Crippen molar-refractivity contribution < 1.29 is 14.3 Å². The van der Waals surface area contributed by atoms with Crippen LogP contribution in [0.4, 0.5) is 0 Å². The number of amides is 1. The number of morpholine rings is 1. The van der Waals surface area contributed by atoms with Crippen LogP contribution >= 0.6 is 11.8 Å². The van der Waals surface area contributed by atoms with Crippen molar-refractivity contribution >= 4 is 39.6 Å². The number of benzene rings is 2. The molecule has 1 saturated heterocycles. The van der Waals surface area contributed by atoms with E-state index in [1.54, 1.807) is 16.6 Å². The van der Waals surface area contributed by atoms with Crippen molar-refractivity contribution in [3.8, 4) is 11.4 Å². The molecule has 33 heavy (non-hydrogen) atoms. The van der Waals surface area contributed by atoms with E-state index in [4.69, 9.17) is 14.5 Å². The average molecular weight is 465 g/mol. The van der Waals surface area contributed by atoms with Crippen molar-refractivity contribution in [3.63, 3.8) is 0 Å². The zero-order chi connectivity index (χ0) is 22.9. The zero-order valence-corrected chi connectivity index (χ0v) is 19.3. The molecule has 0 saturated carbocycles. The lowest BCUT2D eigenvalue weighted by Crippen LogP contribution is -2.41. The number of hydrogen-bond donors (Lipinski definition) is 1. The zero-order valence-electron chi connectivity index (χ0n) is 18.5. The van der Waals surface area contributed by atoms with Crippen LogP contribution in [0.2, 0.25) is 0 Å². The molecule has 0 radical (unpaired) electrons. The number of hydrogen-bond acceptors (Lipinski definition) is 6.